The number of hydrogen-bond acceptors (Lipinski definition) is 5. The second-order valence-electron chi connectivity index (χ2n) is 10.2. The van der Waals surface area contributed by atoms with Gasteiger partial charge in [-0.15, -0.1) is 0 Å². The van der Waals surface area contributed by atoms with E-state index >= 15 is 0 Å². The normalized spacial score (nSPS) is 16.3. The van der Waals surface area contributed by atoms with E-state index in [2.05, 4.69) is 5.48 Å². The third kappa shape index (κ3) is 5.70. The van der Waals surface area contributed by atoms with Gasteiger partial charge >= 0.3 is 0 Å². The number of rotatable bonds is 7. The minimum absolute atomic E-state index is 0.122. The number of hydrogen-bond donors (Lipinski definition) is 1. The van der Waals surface area contributed by atoms with Gasteiger partial charge in [-0.2, -0.15) is 4.31 Å². The third-order valence-electron chi connectivity index (χ3n) is 6.14. The van der Waals surface area contributed by atoms with Crippen LogP contribution in [0.3, 0.4) is 0 Å². The molecule has 3 aromatic carbocycles. The van der Waals surface area contributed by atoms with Gasteiger partial charge in [-0.25, -0.2) is 13.9 Å². The molecule has 0 aliphatic carbocycles. The molecule has 9 heteroatoms. The van der Waals surface area contributed by atoms with E-state index in [1.807, 2.05) is 87.2 Å². The summed E-state index contributed by atoms with van der Waals surface area (Å²) in [4.78, 5) is 15.3. The molecule has 7 nitrogen and oxygen atoms in total. The molecule has 36 heavy (non-hydrogen) atoms. The monoisotopic (exact) mass is 523 g/mol. The number of carbonyl (C=O) groups excluding carboxylic acids is 1. The molecular weight excluding hydrogens is 490 g/mol. The lowest BCUT2D eigenvalue weighted by molar-refractivity contribution is -0.132. The van der Waals surface area contributed by atoms with Gasteiger partial charge in [0.25, 0.3) is 5.91 Å². The van der Waals surface area contributed by atoms with Crippen molar-refractivity contribution in [1.29, 1.82) is 0 Å². The zero-order chi connectivity index (χ0) is 26.1. The highest BCUT2D eigenvalue weighted by molar-refractivity contribution is 7.89. The molecule has 3 aromatic rings. The first-order chi connectivity index (χ1) is 17.0. The molecule has 0 radical (unpaired) electrons. The van der Waals surface area contributed by atoms with Gasteiger partial charge in [-0.05, 0) is 72.6 Å². The highest BCUT2D eigenvalue weighted by Gasteiger charge is 2.40. The predicted molar refractivity (Wildman–Crippen MR) is 145 cm³/mol. The van der Waals surface area contributed by atoms with Crippen molar-refractivity contribution in [3.05, 3.63) is 83.9 Å². The average molecular weight is 524 g/mol. The van der Waals surface area contributed by atoms with Crippen molar-refractivity contribution in [3.63, 3.8) is 0 Å². The maximum atomic E-state index is 13.8. The van der Waals surface area contributed by atoms with E-state index in [0.29, 0.717) is 0 Å². The minimum atomic E-state index is -3.95. The molecule has 190 valence electrons. The van der Waals surface area contributed by atoms with Crippen LogP contribution in [0.2, 0.25) is 19.6 Å². The van der Waals surface area contributed by atoms with Crippen LogP contribution in [0.15, 0.2) is 77.7 Å². The van der Waals surface area contributed by atoms with Crippen LogP contribution in [0, 0.1) is 0 Å². The van der Waals surface area contributed by atoms with Gasteiger partial charge in [0, 0.05) is 26.3 Å². The van der Waals surface area contributed by atoms with Gasteiger partial charge in [-0.1, -0.05) is 48.5 Å². The fraction of sp³-hybridized carbons (Fsp3) is 0.296. The molecule has 0 spiro atoms. The Morgan fingerprint density at radius 1 is 0.917 bits per heavy atom. The summed E-state index contributed by atoms with van der Waals surface area (Å²) in [6, 6.07) is 21.6. The van der Waals surface area contributed by atoms with E-state index in [9.17, 15) is 13.2 Å². The number of anilines is 1. The molecule has 1 N–H and O–H groups in total. The number of benzene rings is 3. The van der Waals surface area contributed by atoms with E-state index < -0.39 is 30.3 Å². The summed E-state index contributed by atoms with van der Waals surface area (Å²) in [6.07, 6.45) is 0.284. The fourth-order valence-corrected chi connectivity index (χ4v) is 6.13. The van der Waals surface area contributed by atoms with Crippen LogP contribution in [0.4, 0.5) is 5.69 Å². The van der Waals surface area contributed by atoms with Crippen LogP contribution >= 0.6 is 0 Å². The summed E-state index contributed by atoms with van der Waals surface area (Å²) < 4.78 is 34.5. The van der Waals surface area contributed by atoms with Crippen molar-refractivity contribution < 1.29 is 17.7 Å². The third-order valence-corrected chi connectivity index (χ3v) is 8.73. The number of amides is 1. The Hall–Kier alpha value is -2.98. The lowest BCUT2D eigenvalue weighted by atomic mass is 9.95. The van der Waals surface area contributed by atoms with Crippen molar-refractivity contribution in [1.82, 2.24) is 9.79 Å². The predicted octanol–water partition coefficient (Wildman–Crippen LogP) is 4.42. The Labute approximate surface area is 214 Å². The van der Waals surface area contributed by atoms with Gasteiger partial charge in [-0.3, -0.25) is 4.79 Å². The van der Waals surface area contributed by atoms with Crippen molar-refractivity contribution in [2.45, 2.75) is 43.5 Å². The van der Waals surface area contributed by atoms with Gasteiger partial charge in [0.1, 0.15) is 6.04 Å². The van der Waals surface area contributed by atoms with Crippen LogP contribution < -0.4 is 10.4 Å². The first kappa shape index (κ1) is 26.1. The first-order valence-corrected chi connectivity index (χ1v) is 16.7. The Morgan fingerprint density at radius 2 is 1.47 bits per heavy atom. The fourth-order valence-electron chi connectivity index (χ4n) is 4.15. The summed E-state index contributed by atoms with van der Waals surface area (Å²) in [5, 5.41) is 0. The van der Waals surface area contributed by atoms with Gasteiger partial charge in [0.05, 0.1) is 4.90 Å². The lowest BCUT2D eigenvalue weighted by Crippen LogP contribution is -2.53. The number of fused-ring (bicyclic) bond motifs is 1. The molecule has 0 fully saturated rings. The van der Waals surface area contributed by atoms with Gasteiger partial charge in [0.2, 0.25) is 18.3 Å². The highest BCUT2D eigenvalue weighted by atomic mass is 32.2. The molecule has 0 aromatic heterocycles. The molecular formula is C27H33N3O4SSi. The minimum Gasteiger partial charge on any atom is -0.378 e. The highest BCUT2D eigenvalue weighted by Crippen LogP contribution is 2.31. The number of nitrogens with zero attached hydrogens (tertiary/aromatic N) is 2. The SMILES string of the molecule is CN(C)c1ccc(-c2ccc(S(=O)(=O)N3Cc4ccccc4C[C@@H]3C(=O)NO[Si](C)(C)C)cc2)cc1. The van der Waals surface area contributed by atoms with E-state index in [1.54, 1.807) is 24.3 Å². The van der Waals surface area contributed by atoms with E-state index in [4.69, 9.17) is 4.53 Å². The first-order valence-electron chi connectivity index (χ1n) is 11.9. The van der Waals surface area contributed by atoms with Crippen LogP contribution in [0.5, 0.6) is 0 Å². The summed E-state index contributed by atoms with van der Waals surface area (Å²) in [6.45, 7) is 5.98. The zero-order valence-corrected chi connectivity index (χ0v) is 23.2. The quantitative estimate of drug-likeness (QED) is 0.366. The maximum Gasteiger partial charge on any atom is 0.261 e. The second-order valence-corrected chi connectivity index (χ2v) is 16.5. The Bertz CT molecular complexity index is 1330. The number of sulfonamides is 1. The summed E-state index contributed by atoms with van der Waals surface area (Å²) in [5.41, 5.74) is 7.40. The van der Waals surface area contributed by atoms with Crippen molar-refractivity contribution in [2.75, 3.05) is 19.0 Å². The molecule has 0 bridgehead atoms. The molecule has 1 aliphatic rings. The average Bonchev–Trinajstić information content (AvgIpc) is 2.86. The van der Waals surface area contributed by atoms with Crippen molar-refractivity contribution in [3.8, 4) is 11.1 Å². The largest absolute Gasteiger partial charge is 0.378 e. The summed E-state index contributed by atoms with van der Waals surface area (Å²) in [7, 11) is -2.02. The Morgan fingerprint density at radius 3 is 2.03 bits per heavy atom. The molecule has 1 amide bonds. The van der Waals surface area contributed by atoms with Crippen molar-refractivity contribution in [2.24, 2.45) is 0 Å². The van der Waals surface area contributed by atoms with Crippen LogP contribution in [-0.4, -0.2) is 47.1 Å². The summed E-state index contributed by atoms with van der Waals surface area (Å²) >= 11 is 0. The molecule has 0 saturated carbocycles. The van der Waals surface area contributed by atoms with E-state index in [-0.39, 0.29) is 17.9 Å². The summed E-state index contributed by atoms with van der Waals surface area (Å²) in [5.74, 6) is -0.451. The molecule has 1 aliphatic heterocycles. The van der Waals surface area contributed by atoms with Crippen LogP contribution in [-0.2, 0) is 32.3 Å². The van der Waals surface area contributed by atoms with Crippen LogP contribution in [0.1, 0.15) is 11.1 Å². The topological polar surface area (TPSA) is 79.0 Å². The molecule has 0 saturated heterocycles. The second kappa shape index (κ2) is 10.2. The lowest BCUT2D eigenvalue weighted by Gasteiger charge is -2.35. The number of hydroxylamine groups is 1. The Balaban J connectivity index is 1.63. The van der Waals surface area contributed by atoms with E-state index in [0.717, 1.165) is 27.9 Å². The molecule has 1 heterocycles. The van der Waals surface area contributed by atoms with E-state index in [1.165, 1.54) is 4.31 Å². The number of carbonyl (C=O) groups is 1. The zero-order valence-electron chi connectivity index (χ0n) is 21.4. The molecule has 4 rings (SSSR count). The molecule has 1 atom stereocenters. The molecule has 0 unspecified atom stereocenters. The maximum absolute atomic E-state index is 13.8. The van der Waals surface area contributed by atoms with Gasteiger partial charge < -0.3 is 9.43 Å². The standard InChI is InChI=1S/C27H33N3O4SSi/c1-29(2)24-14-10-20(11-15-24)21-12-16-25(17-13-21)35(32,33)30-19-23-9-7-6-8-22(23)18-26(30)27(31)28-34-36(3,4)5/h6-17,26H,18-19H2,1-5H3,(H,28,31)/t26-/m1/s1. The smallest absolute Gasteiger partial charge is 0.261 e. The Kier molecular flexibility index (Phi) is 7.38. The number of nitrogens with one attached hydrogen (secondary N) is 1. The van der Waals surface area contributed by atoms with Crippen LogP contribution in [0.25, 0.3) is 11.1 Å². The van der Waals surface area contributed by atoms with Gasteiger partial charge in [0.15, 0.2) is 0 Å². The van der Waals surface area contributed by atoms with Crippen molar-refractivity contribution >= 4 is 29.9 Å².